The number of nitrogens with one attached hydrogen (secondary N) is 2. The Morgan fingerprint density at radius 1 is 1.22 bits per heavy atom. The van der Waals surface area contributed by atoms with E-state index in [4.69, 9.17) is 0 Å². The van der Waals surface area contributed by atoms with Crippen molar-refractivity contribution in [2.75, 3.05) is 13.6 Å². The number of carbonyl (C=O) groups excluding carboxylic acids is 1. The van der Waals surface area contributed by atoms with Crippen LogP contribution in [0.15, 0.2) is 29.2 Å². The minimum atomic E-state index is 0.0191. The molecule has 1 unspecified atom stereocenters. The average Bonchev–Trinajstić information content (AvgIpc) is 2.29. The molecule has 0 saturated carbocycles. The number of carbonyl (C=O) groups is 1. The molecular weight excluding hydrogens is 244 g/mol. The van der Waals surface area contributed by atoms with Crippen LogP contribution in [-0.2, 0) is 4.79 Å². The zero-order valence-electron chi connectivity index (χ0n) is 11.5. The van der Waals surface area contributed by atoms with Gasteiger partial charge in [0.25, 0.3) is 0 Å². The van der Waals surface area contributed by atoms with E-state index in [0.29, 0.717) is 11.8 Å². The van der Waals surface area contributed by atoms with Gasteiger partial charge in [-0.1, -0.05) is 26.0 Å². The SMILES string of the molecule is CNCC(=O)NC(C)c1ccc(SC(C)C)cc1. The molecule has 0 heterocycles. The molecule has 1 aromatic rings. The minimum absolute atomic E-state index is 0.0191. The van der Waals surface area contributed by atoms with Gasteiger partial charge >= 0.3 is 0 Å². The number of thioether (sulfide) groups is 1. The second-order valence-electron chi connectivity index (χ2n) is 4.56. The summed E-state index contributed by atoms with van der Waals surface area (Å²) in [6, 6.07) is 8.43. The molecule has 100 valence electrons. The first-order valence-corrected chi connectivity index (χ1v) is 7.11. The van der Waals surface area contributed by atoms with Crippen LogP contribution in [-0.4, -0.2) is 24.7 Å². The zero-order chi connectivity index (χ0) is 13.5. The molecule has 1 aromatic carbocycles. The maximum absolute atomic E-state index is 11.5. The molecule has 3 nitrogen and oxygen atoms in total. The molecule has 1 atom stereocenters. The molecule has 0 saturated heterocycles. The van der Waals surface area contributed by atoms with Gasteiger partial charge in [-0.15, -0.1) is 11.8 Å². The van der Waals surface area contributed by atoms with E-state index in [9.17, 15) is 4.79 Å². The van der Waals surface area contributed by atoms with Gasteiger partial charge in [-0.3, -0.25) is 4.79 Å². The quantitative estimate of drug-likeness (QED) is 0.778. The van der Waals surface area contributed by atoms with Gasteiger partial charge < -0.3 is 10.6 Å². The van der Waals surface area contributed by atoms with Crippen LogP contribution < -0.4 is 10.6 Å². The van der Waals surface area contributed by atoms with Gasteiger partial charge in [-0.05, 0) is 31.7 Å². The second kappa shape index (κ2) is 7.44. The maximum atomic E-state index is 11.5. The number of amides is 1. The van der Waals surface area contributed by atoms with Crippen LogP contribution >= 0.6 is 11.8 Å². The van der Waals surface area contributed by atoms with E-state index in [1.807, 2.05) is 18.7 Å². The van der Waals surface area contributed by atoms with E-state index >= 15 is 0 Å². The Kier molecular flexibility index (Phi) is 6.22. The van der Waals surface area contributed by atoms with Crippen LogP contribution in [0.4, 0.5) is 0 Å². The number of hydrogen-bond donors (Lipinski definition) is 2. The van der Waals surface area contributed by atoms with E-state index in [1.165, 1.54) is 4.90 Å². The van der Waals surface area contributed by atoms with Crippen LogP contribution in [0.3, 0.4) is 0 Å². The Labute approximate surface area is 114 Å². The van der Waals surface area contributed by atoms with E-state index < -0.39 is 0 Å². The summed E-state index contributed by atoms with van der Waals surface area (Å²) in [5.41, 5.74) is 1.13. The summed E-state index contributed by atoms with van der Waals surface area (Å²) in [5, 5.41) is 6.38. The van der Waals surface area contributed by atoms with Crippen molar-refractivity contribution in [3.05, 3.63) is 29.8 Å². The Morgan fingerprint density at radius 2 is 1.83 bits per heavy atom. The van der Waals surface area contributed by atoms with Crippen molar-refractivity contribution in [1.82, 2.24) is 10.6 Å². The lowest BCUT2D eigenvalue weighted by molar-refractivity contribution is -0.120. The number of benzene rings is 1. The first kappa shape index (κ1) is 15.1. The predicted octanol–water partition coefficient (Wildman–Crippen LogP) is 2.58. The molecule has 0 aliphatic carbocycles. The first-order chi connectivity index (χ1) is 8.52. The molecule has 0 aliphatic rings. The highest BCUT2D eigenvalue weighted by Gasteiger charge is 2.08. The highest BCUT2D eigenvalue weighted by Crippen LogP contribution is 2.24. The smallest absolute Gasteiger partial charge is 0.234 e. The molecular formula is C14H22N2OS. The van der Waals surface area contributed by atoms with Crippen LogP contribution in [0.2, 0.25) is 0 Å². The standard InChI is InChI=1S/C14H22N2OS/c1-10(2)18-13-7-5-12(6-8-13)11(3)16-14(17)9-15-4/h5-8,10-11,15H,9H2,1-4H3,(H,16,17). The van der Waals surface area contributed by atoms with Crippen LogP contribution in [0.25, 0.3) is 0 Å². The predicted molar refractivity (Wildman–Crippen MR) is 77.9 cm³/mol. The van der Waals surface area contributed by atoms with Gasteiger partial charge in [0, 0.05) is 10.1 Å². The fourth-order valence-corrected chi connectivity index (χ4v) is 2.48. The molecule has 0 bridgehead atoms. The van der Waals surface area contributed by atoms with Crippen LogP contribution in [0, 0.1) is 0 Å². The van der Waals surface area contributed by atoms with E-state index in [2.05, 4.69) is 48.7 Å². The third-order valence-corrected chi connectivity index (χ3v) is 3.48. The molecule has 4 heteroatoms. The van der Waals surface area contributed by atoms with Crippen molar-refractivity contribution < 1.29 is 4.79 Å². The summed E-state index contributed by atoms with van der Waals surface area (Å²) < 4.78 is 0. The Bertz CT molecular complexity index is 376. The molecule has 2 N–H and O–H groups in total. The van der Waals surface area contributed by atoms with Gasteiger partial charge in [0.2, 0.25) is 5.91 Å². The molecule has 0 fully saturated rings. The Balaban J connectivity index is 2.58. The highest BCUT2D eigenvalue weighted by atomic mass is 32.2. The van der Waals surface area contributed by atoms with Gasteiger partial charge in [0.1, 0.15) is 0 Å². The molecule has 1 amide bonds. The third kappa shape index (κ3) is 5.10. The molecule has 1 rings (SSSR count). The van der Waals surface area contributed by atoms with Gasteiger partial charge in [-0.25, -0.2) is 0 Å². The van der Waals surface area contributed by atoms with Crippen molar-refractivity contribution in [2.45, 2.75) is 37.0 Å². The molecule has 0 spiro atoms. The van der Waals surface area contributed by atoms with Crippen molar-refractivity contribution in [1.29, 1.82) is 0 Å². The summed E-state index contributed by atoms with van der Waals surface area (Å²) in [4.78, 5) is 12.7. The van der Waals surface area contributed by atoms with Crippen molar-refractivity contribution >= 4 is 17.7 Å². The fourth-order valence-electron chi connectivity index (χ4n) is 1.64. The van der Waals surface area contributed by atoms with E-state index in [0.717, 1.165) is 5.56 Å². The van der Waals surface area contributed by atoms with Crippen LogP contribution in [0.5, 0.6) is 0 Å². The molecule has 0 radical (unpaired) electrons. The lowest BCUT2D eigenvalue weighted by atomic mass is 10.1. The van der Waals surface area contributed by atoms with E-state index in [-0.39, 0.29) is 11.9 Å². The lowest BCUT2D eigenvalue weighted by Crippen LogP contribution is -2.33. The second-order valence-corrected chi connectivity index (χ2v) is 6.21. The fraction of sp³-hybridized carbons (Fsp3) is 0.500. The van der Waals surface area contributed by atoms with Crippen LogP contribution in [0.1, 0.15) is 32.4 Å². The number of hydrogen-bond acceptors (Lipinski definition) is 3. The summed E-state index contributed by atoms with van der Waals surface area (Å²) in [7, 11) is 1.77. The highest BCUT2D eigenvalue weighted by molar-refractivity contribution is 7.99. The molecule has 18 heavy (non-hydrogen) atoms. The summed E-state index contributed by atoms with van der Waals surface area (Å²) in [5.74, 6) is 0.0191. The first-order valence-electron chi connectivity index (χ1n) is 6.23. The minimum Gasteiger partial charge on any atom is -0.348 e. The summed E-state index contributed by atoms with van der Waals surface area (Å²) in [6.45, 7) is 6.71. The summed E-state index contributed by atoms with van der Waals surface area (Å²) >= 11 is 1.84. The maximum Gasteiger partial charge on any atom is 0.234 e. The van der Waals surface area contributed by atoms with Gasteiger partial charge in [-0.2, -0.15) is 0 Å². The number of rotatable bonds is 6. The Hall–Kier alpha value is -1.00. The van der Waals surface area contributed by atoms with Gasteiger partial charge in [0.15, 0.2) is 0 Å². The normalized spacial score (nSPS) is 12.5. The topological polar surface area (TPSA) is 41.1 Å². The van der Waals surface area contributed by atoms with Crippen molar-refractivity contribution in [3.8, 4) is 0 Å². The molecule has 0 aromatic heterocycles. The Morgan fingerprint density at radius 3 is 2.33 bits per heavy atom. The monoisotopic (exact) mass is 266 g/mol. The lowest BCUT2D eigenvalue weighted by Gasteiger charge is -2.15. The number of likely N-dealkylation sites (N-methyl/N-ethyl adjacent to an activating group) is 1. The van der Waals surface area contributed by atoms with Crippen molar-refractivity contribution in [3.63, 3.8) is 0 Å². The largest absolute Gasteiger partial charge is 0.348 e. The van der Waals surface area contributed by atoms with Crippen molar-refractivity contribution in [2.24, 2.45) is 0 Å². The molecule has 0 aliphatic heterocycles. The average molecular weight is 266 g/mol. The summed E-state index contributed by atoms with van der Waals surface area (Å²) in [6.07, 6.45) is 0. The zero-order valence-corrected chi connectivity index (χ0v) is 12.3. The van der Waals surface area contributed by atoms with Gasteiger partial charge in [0.05, 0.1) is 12.6 Å². The third-order valence-electron chi connectivity index (χ3n) is 2.47. The van der Waals surface area contributed by atoms with E-state index in [1.54, 1.807) is 7.05 Å².